The fourth-order valence-corrected chi connectivity index (χ4v) is 11.6. The SMILES string of the molecule is Cc1ccc(-n2c3ccccc3c3cc(N(c4ccccc4)c4ccc(-c5c6ccccc6c(N(c6ccccc6)c6ccc7c(c6)c6ccccc6n7-c6ccc(C)cc6)c6ccccc56)cc4)ccc32)cc1. The molecular weight excluding hydrogens is 897 g/mol. The Morgan fingerprint density at radius 3 is 1.08 bits per heavy atom. The summed E-state index contributed by atoms with van der Waals surface area (Å²) in [4.78, 5) is 4.86. The maximum Gasteiger partial charge on any atom is 0.0618 e. The maximum atomic E-state index is 2.47. The van der Waals surface area contributed by atoms with Gasteiger partial charge in [0.2, 0.25) is 0 Å². The van der Waals surface area contributed by atoms with Crippen LogP contribution in [0.5, 0.6) is 0 Å². The molecule has 2 aromatic heterocycles. The molecule has 0 radical (unpaired) electrons. The molecule has 2 heterocycles. The zero-order valence-corrected chi connectivity index (χ0v) is 41.2. The lowest BCUT2D eigenvalue weighted by molar-refractivity contribution is 1.17. The highest BCUT2D eigenvalue weighted by atomic mass is 15.2. The van der Waals surface area contributed by atoms with Crippen molar-refractivity contribution in [3.05, 3.63) is 278 Å². The van der Waals surface area contributed by atoms with Crippen LogP contribution in [-0.4, -0.2) is 9.13 Å². The van der Waals surface area contributed by atoms with E-state index in [1.807, 2.05) is 0 Å². The van der Waals surface area contributed by atoms with E-state index >= 15 is 0 Å². The molecule has 0 unspecified atom stereocenters. The van der Waals surface area contributed by atoms with Gasteiger partial charge >= 0.3 is 0 Å². The van der Waals surface area contributed by atoms with Crippen LogP contribution >= 0.6 is 0 Å². The second-order valence-corrected chi connectivity index (χ2v) is 19.5. The summed E-state index contributed by atoms with van der Waals surface area (Å²) >= 11 is 0. The minimum Gasteiger partial charge on any atom is -0.310 e. The van der Waals surface area contributed by atoms with Crippen LogP contribution in [0.2, 0.25) is 0 Å². The molecule has 0 aliphatic heterocycles. The van der Waals surface area contributed by atoms with Crippen molar-refractivity contribution < 1.29 is 0 Å². The molecule has 14 aromatic rings. The van der Waals surface area contributed by atoms with Crippen molar-refractivity contribution in [3.63, 3.8) is 0 Å². The van der Waals surface area contributed by atoms with E-state index < -0.39 is 0 Å². The molecule has 14 rings (SSSR count). The number of fused-ring (bicyclic) bond motifs is 8. The highest BCUT2D eigenvalue weighted by molar-refractivity contribution is 6.23. The molecule has 4 nitrogen and oxygen atoms in total. The van der Waals surface area contributed by atoms with Gasteiger partial charge in [-0.1, -0.05) is 169 Å². The van der Waals surface area contributed by atoms with Crippen LogP contribution < -0.4 is 9.80 Å². The van der Waals surface area contributed by atoms with Gasteiger partial charge in [-0.2, -0.15) is 0 Å². The number of aromatic nitrogens is 2. The molecule has 350 valence electrons. The van der Waals surface area contributed by atoms with Crippen LogP contribution in [0.1, 0.15) is 11.1 Å². The molecule has 12 aromatic carbocycles. The van der Waals surface area contributed by atoms with E-state index in [0.717, 1.165) is 51.1 Å². The van der Waals surface area contributed by atoms with Crippen molar-refractivity contribution in [2.45, 2.75) is 13.8 Å². The van der Waals surface area contributed by atoms with E-state index in [1.54, 1.807) is 0 Å². The molecule has 0 amide bonds. The summed E-state index contributed by atoms with van der Waals surface area (Å²) in [5.41, 5.74) is 18.6. The number of hydrogen-bond acceptors (Lipinski definition) is 2. The summed E-state index contributed by atoms with van der Waals surface area (Å²) in [6.45, 7) is 4.29. The third-order valence-electron chi connectivity index (χ3n) is 15.0. The Bertz CT molecular complexity index is 4360. The highest BCUT2D eigenvalue weighted by Crippen LogP contribution is 2.50. The summed E-state index contributed by atoms with van der Waals surface area (Å²) in [6.07, 6.45) is 0. The number of rotatable bonds is 9. The number of benzene rings is 12. The fraction of sp³-hybridized carbons (Fsp3) is 0.0286. The molecule has 4 heteroatoms. The first-order valence-corrected chi connectivity index (χ1v) is 25.5. The first-order valence-electron chi connectivity index (χ1n) is 25.5. The van der Waals surface area contributed by atoms with E-state index in [4.69, 9.17) is 0 Å². The van der Waals surface area contributed by atoms with Gasteiger partial charge in [0.15, 0.2) is 0 Å². The molecule has 74 heavy (non-hydrogen) atoms. The minimum atomic E-state index is 1.08. The van der Waals surface area contributed by atoms with E-state index in [2.05, 4.69) is 300 Å². The summed E-state index contributed by atoms with van der Waals surface area (Å²) in [7, 11) is 0. The van der Waals surface area contributed by atoms with Crippen LogP contribution in [0, 0.1) is 13.8 Å². The van der Waals surface area contributed by atoms with Crippen LogP contribution in [0.3, 0.4) is 0 Å². The normalized spacial score (nSPS) is 11.6. The number of aryl methyl sites for hydroxylation is 2. The van der Waals surface area contributed by atoms with Gasteiger partial charge in [0.05, 0.1) is 27.8 Å². The van der Waals surface area contributed by atoms with E-state index in [9.17, 15) is 0 Å². The fourth-order valence-electron chi connectivity index (χ4n) is 11.6. The third-order valence-corrected chi connectivity index (χ3v) is 15.0. The van der Waals surface area contributed by atoms with Gasteiger partial charge in [0.25, 0.3) is 0 Å². The van der Waals surface area contributed by atoms with Gasteiger partial charge < -0.3 is 18.9 Å². The number of para-hydroxylation sites is 4. The molecule has 0 spiro atoms. The maximum absolute atomic E-state index is 2.47. The lowest BCUT2D eigenvalue weighted by atomic mass is 9.89. The highest BCUT2D eigenvalue weighted by Gasteiger charge is 2.24. The zero-order chi connectivity index (χ0) is 49.3. The quantitative estimate of drug-likeness (QED) is 0.134. The van der Waals surface area contributed by atoms with Crippen LogP contribution in [0.4, 0.5) is 34.1 Å². The zero-order valence-electron chi connectivity index (χ0n) is 41.2. The Hall–Kier alpha value is -9.64. The minimum absolute atomic E-state index is 1.08. The van der Waals surface area contributed by atoms with E-state index in [1.165, 1.54) is 81.8 Å². The largest absolute Gasteiger partial charge is 0.310 e. The lowest BCUT2D eigenvalue weighted by Gasteiger charge is -2.30. The first kappa shape index (κ1) is 43.2. The predicted octanol–water partition coefficient (Wildman–Crippen LogP) is 19.4. The van der Waals surface area contributed by atoms with Crippen molar-refractivity contribution in [2.75, 3.05) is 9.80 Å². The number of hydrogen-bond donors (Lipinski definition) is 0. The Labute approximate surface area is 430 Å². The molecule has 0 aliphatic carbocycles. The average Bonchev–Trinajstić information content (AvgIpc) is 4.01. The second-order valence-electron chi connectivity index (χ2n) is 19.5. The van der Waals surface area contributed by atoms with Gasteiger partial charge in [-0.15, -0.1) is 0 Å². The average molecular weight is 947 g/mol. The molecule has 0 atom stereocenters. The summed E-state index contributed by atoms with van der Waals surface area (Å²) in [6, 6.07) is 97.9. The van der Waals surface area contributed by atoms with Crippen molar-refractivity contribution in [1.82, 2.24) is 9.13 Å². The molecule has 0 aliphatic rings. The van der Waals surface area contributed by atoms with Gasteiger partial charge in [-0.05, 0) is 145 Å². The third kappa shape index (κ3) is 7.06. The second kappa shape index (κ2) is 17.6. The standard InChI is InChI=1S/C70H50N4/c1-47-29-35-53(36-30-47)73-65-27-15-13-21-57(65)63-45-55(41-43-67(63)73)71(50-17-5-3-6-18-50)52-39-33-49(34-40-52)69-59-23-9-11-25-61(59)70(62-26-12-10-24-60(62)69)72(51-19-7-4-8-20-51)56-42-44-68-64(46-56)58-22-14-16-28-66(58)74(68)54-37-31-48(2)32-38-54/h3-46H,1-2H3. The van der Waals surface area contributed by atoms with Crippen molar-refractivity contribution in [3.8, 4) is 22.5 Å². The molecular formula is C70H50N4. The van der Waals surface area contributed by atoms with Crippen LogP contribution in [0.25, 0.3) is 87.7 Å². The monoisotopic (exact) mass is 946 g/mol. The van der Waals surface area contributed by atoms with Crippen molar-refractivity contribution >= 4 is 99.3 Å². The summed E-state index contributed by atoms with van der Waals surface area (Å²) < 4.78 is 4.79. The van der Waals surface area contributed by atoms with Crippen molar-refractivity contribution in [1.29, 1.82) is 0 Å². The van der Waals surface area contributed by atoms with Crippen LogP contribution in [-0.2, 0) is 0 Å². The van der Waals surface area contributed by atoms with E-state index in [-0.39, 0.29) is 0 Å². The lowest BCUT2D eigenvalue weighted by Crippen LogP contribution is -2.11. The molecule has 0 saturated carbocycles. The predicted molar refractivity (Wildman–Crippen MR) is 314 cm³/mol. The topological polar surface area (TPSA) is 16.3 Å². The van der Waals surface area contributed by atoms with Crippen molar-refractivity contribution in [2.24, 2.45) is 0 Å². The van der Waals surface area contributed by atoms with Gasteiger partial charge in [-0.3, -0.25) is 0 Å². The van der Waals surface area contributed by atoms with Gasteiger partial charge in [0.1, 0.15) is 0 Å². The first-order chi connectivity index (χ1) is 36.6. The summed E-state index contributed by atoms with van der Waals surface area (Å²) in [5.74, 6) is 0. The Morgan fingerprint density at radius 2 is 0.608 bits per heavy atom. The number of anilines is 6. The molecule has 0 saturated heterocycles. The number of nitrogens with zero attached hydrogens (tertiary/aromatic N) is 4. The van der Waals surface area contributed by atoms with Crippen LogP contribution in [0.15, 0.2) is 267 Å². The Kier molecular flexibility index (Phi) is 10.3. The Balaban J connectivity index is 0.925. The van der Waals surface area contributed by atoms with Gasteiger partial charge in [-0.25, -0.2) is 0 Å². The van der Waals surface area contributed by atoms with Gasteiger partial charge in [0, 0.05) is 72.1 Å². The Morgan fingerprint density at radius 1 is 0.257 bits per heavy atom. The molecule has 0 N–H and O–H groups in total. The molecule has 0 bridgehead atoms. The summed E-state index contributed by atoms with van der Waals surface area (Å²) in [5, 5.41) is 9.64. The smallest absolute Gasteiger partial charge is 0.0618 e. The molecule has 0 fully saturated rings. The van der Waals surface area contributed by atoms with E-state index in [0.29, 0.717) is 0 Å².